The summed E-state index contributed by atoms with van der Waals surface area (Å²) in [5.41, 5.74) is 0.672. The fourth-order valence-electron chi connectivity index (χ4n) is 3.05. The average molecular weight is 326 g/mol. The van der Waals surface area contributed by atoms with E-state index in [0.29, 0.717) is 13.0 Å². The Morgan fingerprint density at radius 3 is 2.50 bits per heavy atom. The summed E-state index contributed by atoms with van der Waals surface area (Å²) < 4.78 is 7.25. The molecule has 1 saturated carbocycles. The van der Waals surface area contributed by atoms with Crippen molar-refractivity contribution in [3.8, 4) is 0 Å². The summed E-state index contributed by atoms with van der Waals surface area (Å²) in [5, 5.41) is 3.08. The fourth-order valence-corrected chi connectivity index (χ4v) is 3.91. The molecular weight excluding hydrogens is 300 g/mol. The zero-order chi connectivity index (χ0) is 16.7. The summed E-state index contributed by atoms with van der Waals surface area (Å²) in [6.45, 7) is 10.6. The fraction of sp³-hybridized carbons (Fsp3) is 0.750. The number of thiazole rings is 1. The van der Waals surface area contributed by atoms with Crippen LogP contribution in [0.4, 0.5) is 0 Å². The molecule has 2 atom stereocenters. The lowest BCUT2D eigenvalue weighted by molar-refractivity contribution is -0.182. The lowest BCUT2D eigenvalue weighted by Gasteiger charge is -2.59. The molecule has 1 heterocycles. The van der Waals surface area contributed by atoms with Crippen LogP contribution < -0.4 is 10.2 Å². The van der Waals surface area contributed by atoms with E-state index < -0.39 is 0 Å². The third-order valence-electron chi connectivity index (χ3n) is 5.55. The van der Waals surface area contributed by atoms with E-state index in [2.05, 4.69) is 26.1 Å². The molecule has 1 aliphatic carbocycles. The van der Waals surface area contributed by atoms with Gasteiger partial charge in [-0.25, -0.2) is 0 Å². The van der Waals surface area contributed by atoms with Crippen molar-refractivity contribution in [2.45, 2.75) is 65.6 Å². The zero-order valence-electron chi connectivity index (χ0n) is 14.3. The summed E-state index contributed by atoms with van der Waals surface area (Å²) in [4.78, 5) is 25.0. The van der Waals surface area contributed by atoms with Gasteiger partial charge in [0.2, 0.25) is 5.91 Å². The quantitative estimate of drug-likeness (QED) is 0.903. The summed E-state index contributed by atoms with van der Waals surface area (Å²) in [7, 11) is 1.72. The van der Waals surface area contributed by atoms with E-state index >= 15 is 0 Å². The molecule has 6 heteroatoms. The Kier molecular flexibility index (Phi) is 4.55. The van der Waals surface area contributed by atoms with Crippen LogP contribution in [0.15, 0.2) is 4.79 Å². The number of hydrogen-bond acceptors (Lipinski definition) is 4. The van der Waals surface area contributed by atoms with Crippen molar-refractivity contribution in [3.05, 3.63) is 20.2 Å². The van der Waals surface area contributed by atoms with E-state index in [1.807, 2.05) is 13.8 Å². The molecule has 1 aromatic rings. The first kappa shape index (κ1) is 17.2. The largest absolute Gasteiger partial charge is 0.378 e. The van der Waals surface area contributed by atoms with Gasteiger partial charge in [-0.2, -0.15) is 0 Å². The highest BCUT2D eigenvalue weighted by atomic mass is 32.1. The third-order valence-corrected chi connectivity index (χ3v) is 6.55. The average Bonchev–Trinajstić information content (AvgIpc) is 2.69. The van der Waals surface area contributed by atoms with Crippen LogP contribution in [-0.2, 0) is 16.1 Å². The van der Waals surface area contributed by atoms with Crippen molar-refractivity contribution in [2.24, 2.45) is 5.41 Å². The minimum atomic E-state index is -0.192. The Balaban J connectivity index is 1.91. The van der Waals surface area contributed by atoms with E-state index in [-0.39, 0.29) is 27.8 Å². The molecule has 0 radical (unpaired) electrons. The van der Waals surface area contributed by atoms with Crippen LogP contribution in [0, 0.1) is 19.3 Å². The number of methoxy groups -OCH3 is 1. The van der Waals surface area contributed by atoms with Gasteiger partial charge in [0.15, 0.2) is 0 Å². The maximum atomic E-state index is 12.2. The lowest BCUT2D eigenvalue weighted by Crippen LogP contribution is -2.68. The predicted molar refractivity (Wildman–Crippen MR) is 88.4 cm³/mol. The van der Waals surface area contributed by atoms with Gasteiger partial charge in [0, 0.05) is 42.1 Å². The molecule has 124 valence electrons. The highest BCUT2D eigenvalue weighted by molar-refractivity contribution is 7.09. The molecule has 0 aromatic carbocycles. The van der Waals surface area contributed by atoms with Gasteiger partial charge in [-0.3, -0.25) is 9.59 Å². The first-order chi connectivity index (χ1) is 10.1. The van der Waals surface area contributed by atoms with Gasteiger partial charge in [-0.15, -0.1) is 0 Å². The predicted octanol–water partition coefficient (Wildman–Crippen LogP) is 2.24. The number of carbonyl (C=O) groups excluding carboxylic acids is 1. The van der Waals surface area contributed by atoms with Crippen LogP contribution in [-0.4, -0.2) is 29.2 Å². The minimum Gasteiger partial charge on any atom is -0.378 e. The molecule has 1 amide bonds. The van der Waals surface area contributed by atoms with Crippen LogP contribution >= 0.6 is 11.3 Å². The minimum absolute atomic E-state index is 0.00798. The topological polar surface area (TPSA) is 60.3 Å². The Morgan fingerprint density at radius 2 is 2.05 bits per heavy atom. The zero-order valence-corrected chi connectivity index (χ0v) is 15.1. The van der Waals surface area contributed by atoms with Crippen LogP contribution in [0.1, 0.15) is 44.2 Å². The molecule has 0 spiro atoms. The highest BCUT2D eigenvalue weighted by Crippen LogP contribution is 2.51. The number of rotatable bonds is 5. The van der Waals surface area contributed by atoms with Crippen LogP contribution in [0.2, 0.25) is 0 Å². The highest BCUT2D eigenvalue weighted by Gasteiger charge is 2.58. The van der Waals surface area contributed by atoms with E-state index in [4.69, 9.17) is 4.74 Å². The number of aromatic nitrogens is 1. The standard InChI is InChI=1S/C16H26N2O3S/c1-10-11(2)22-14(20)18(10)8-7-13(19)17-12-9-16(5,21-6)15(12,3)4/h12H,7-9H2,1-6H3,(H,17,19)/t12-,16+/m0/s1. The van der Waals surface area contributed by atoms with Crippen LogP contribution in [0.5, 0.6) is 0 Å². The summed E-state index contributed by atoms with van der Waals surface area (Å²) >= 11 is 1.24. The van der Waals surface area contributed by atoms with Crippen molar-refractivity contribution in [1.82, 2.24) is 9.88 Å². The first-order valence-electron chi connectivity index (χ1n) is 7.64. The van der Waals surface area contributed by atoms with Gasteiger partial charge < -0.3 is 14.6 Å². The van der Waals surface area contributed by atoms with E-state index in [9.17, 15) is 9.59 Å². The molecule has 0 unspecified atom stereocenters. The molecule has 0 bridgehead atoms. The van der Waals surface area contributed by atoms with Crippen molar-refractivity contribution >= 4 is 17.2 Å². The molecule has 0 saturated heterocycles. The van der Waals surface area contributed by atoms with E-state index in [0.717, 1.165) is 17.0 Å². The van der Waals surface area contributed by atoms with Crippen molar-refractivity contribution in [2.75, 3.05) is 7.11 Å². The second kappa shape index (κ2) is 5.81. The number of aryl methyl sites for hydroxylation is 1. The Morgan fingerprint density at radius 1 is 1.41 bits per heavy atom. The summed E-state index contributed by atoms with van der Waals surface area (Å²) in [6.07, 6.45) is 1.14. The van der Waals surface area contributed by atoms with E-state index in [1.165, 1.54) is 11.3 Å². The maximum Gasteiger partial charge on any atom is 0.307 e. The normalized spacial score (nSPS) is 26.5. The summed E-state index contributed by atoms with van der Waals surface area (Å²) in [5.74, 6) is -0.00798. The number of ether oxygens (including phenoxy) is 1. The monoisotopic (exact) mass is 326 g/mol. The lowest BCUT2D eigenvalue weighted by atomic mass is 9.56. The number of nitrogens with one attached hydrogen (secondary N) is 1. The second-order valence-electron chi connectivity index (χ2n) is 6.89. The molecule has 1 N–H and O–H groups in total. The summed E-state index contributed by atoms with van der Waals surface area (Å²) in [6, 6.07) is 0.118. The maximum absolute atomic E-state index is 12.2. The molecule has 1 aromatic heterocycles. The molecule has 2 rings (SSSR count). The Bertz CT molecular complexity index is 632. The molecular formula is C16H26N2O3S. The molecule has 1 aliphatic rings. The third kappa shape index (κ3) is 2.74. The van der Waals surface area contributed by atoms with E-state index in [1.54, 1.807) is 11.7 Å². The number of carbonyl (C=O) groups is 1. The number of hydrogen-bond donors (Lipinski definition) is 1. The molecule has 1 fully saturated rings. The van der Waals surface area contributed by atoms with Crippen LogP contribution in [0.3, 0.4) is 0 Å². The van der Waals surface area contributed by atoms with Gasteiger partial charge >= 0.3 is 4.87 Å². The van der Waals surface area contributed by atoms with Crippen molar-refractivity contribution in [1.29, 1.82) is 0 Å². The number of nitrogens with zero attached hydrogens (tertiary/aromatic N) is 1. The molecule has 22 heavy (non-hydrogen) atoms. The molecule has 5 nitrogen and oxygen atoms in total. The van der Waals surface area contributed by atoms with Gasteiger partial charge in [-0.1, -0.05) is 25.2 Å². The van der Waals surface area contributed by atoms with Crippen molar-refractivity contribution < 1.29 is 9.53 Å². The first-order valence-corrected chi connectivity index (χ1v) is 8.45. The smallest absolute Gasteiger partial charge is 0.307 e. The molecule has 0 aliphatic heterocycles. The Hall–Kier alpha value is -1.14. The SMILES string of the molecule is CO[C@]1(C)C[C@H](NC(=O)CCn2c(C)c(C)sc2=O)C1(C)C. The van der Waals surface area contributed by atoms with Crippen LogP contribution in [0.25, 0.3) is 0 Å². The number of amides is 1. The van der Waals surface area contributed by atoms with Crippen molar-refractivity contribution in [3.63, 3.8) is 0 Å². The van der Waals surface area contributed by atoms with Gasteiger partial charge in [0.25, 0.3) is 0 Å². The second-order valence-corrected chi connectivity index (χ2v) is 8.06. The van der Waals surface area contributed by atoms with Gasteiger partial charge in [0.1, 0.15) is 0 Å². The Labute approximate surface area is 135 Å². The van der Waals surface area contributed by atoms with Gasteiger partial charge in [-0.05, 0) is 27.2 Å². The van der Waals surface area contributed by atoms with Gasteiger partial charge in [0.05, 0.1) is 5.60 Å².